The first-order valence-electron chi connectivity index (χ1n) is 12.4. The van der Waals surface area contributed by atoms with Crippen molar-refractivity contribution < 1.29 is 28.5 Å². The van der Waals surface area contributed by atoms with Gasteiger partial charge in [-0.1, -0.05) is 27.7 Å². The Morgan fingerprint density at radius 1 is 1.03 bits per heavy atom. The Bertz CT molecular complexity index is 1160. The summed E-state index contributed by atoms with van der Waals surface area (Å²) in [6, 6.07) is 1.79. The van der Waals surface area contributed by atoms with Crippen LogP contribution in [-0.2, 0) is 20.7 Å². The number of fused-ring (bicyclic) bond motifs is 7. The number of hydrogen-bond donors (Lipinski definition) is 1. The normalized spacial score (nSPS) is 33.2. The quantitative estimate of drug-likeness (QED) is 0.686. The molecule has 1 amide bonds. The third kappa shape index (κ3) is 2.55. The molecular weight excluding hydrogens is 446 g/mol. The highest BCUT2D eigenvalue weighted by molar-refractivity contribution is 6.07. The Morgan fingerprint density at radius 2 is 1.69 bits per heavy atom. The van der Waals surface area contributed by atoms with E-state index in [4.69, 9.17) is 18.9 Å². The molecular formula is C28H37NO6. The van der Waals surface area contributed by atoms with Gasteiger partial charge in [0.15, 0.2) is 17.3 Å². The molecule has 35 heavy (non-hydrogen) atoms. The number of ether oxygens (including phenoxy) is 4. The van der Waals surface area contributed by atoms with Crippen molar-refractivity contribution in [1.29, 1.82) is 0 Å². The summed E-state index contributed by atoms with van der Waals surface area (Å²) in [6.07, 6.45) is 1.41. The molecule has 0 aromatic heterocycles. The maximum Gasteiger partial charge on any atom is 0.217 e. The topological polar surface area (TPSA) is 83.1 Å². The lowest BCUT2D eigenvalue weighted by Gasteiger charge is -2.69. The van der Waals surface area contributed by atoms with Gasteiger partial charge in [-0.3, -0.25) is 9.59 Å². The van der Waals surface area contributed by atoms with Gasteiger partial charge in [-0.15, -0.1) is 0 Å². The summed E-state index contributed by atoms with van der Waals surface area (Å²) in [5.41, 5.74) is 2.87. The van der Waals surface area contributed by atoms with Crippen LogP contribution >= 0.6 is 0 Å². The predicted octanol–water partition coefficient (Wildman–Crippen LogP) is 3.81. The molecule has 0 unspecified atom stereocenters. The van der Waals surface area contributed by atoms with Crippen molar-refractivity contribution in [2.24, 2.45) is 28.6 Å². The molecule has 7 heteroatoms. The van der Waals surface area contributed by atoms with E-state index in [2.05, 4.69) is 33.0 Å². The Balaban J connectivity index is 1.79. The summed E-state index contributed by atoms with van der Waals surface area (Å²) in [5.74, 6) is 1.54. The first kappa shape index (κ1) is 24.2. The van der Waals surface area contributed by atoms with Crippen LogP contribution in [0.3, 0.4) is 0 Å². The summed E-state index contributed by atoms with van der Waals surface area (Å²) in [4.78, 5) is 26.5. The SMILES string of the molecule is COc1cc2c(c(OC)c1OC)C1=C([C@@H]3C(=O)[C@]4(OC)[C@H]([C@H]13)C(C)(C)C4(C)C)[C@H](NC(C)=O)CC2. The lowest BCUT2D eigenvalue weighted by Crippen LogP contribution is -2.74. The Hall–Kier alpha value is -2.54. The first-order chi connectivity index (χ1) is 16.5. The number of benzene rings is 1. The monoisotopic (exact) mass is 483 g/mol. The Labute approximate surface area is 207 Å². The van der Waals surface area contributed by atoms with Gasteiger partial charge < -0.3 is 24.3 Å². The summed E-state index contributed by atoms with van der Waals surface area (Å²) in [6.45, 7) is 10.3. The van der Waals surface area contributed by atoms with Gasteiger partial charge in [-0.2, -0.15) is 0 Å². The molecule has 1 aromatic carbocycles. The maximum atomic E-state index is 14.2. The van der Waals surface area contributed by atoms with Gasteiger partial charge in [0.1, 0.15) is 5.60 Å². The fraction of sp³-hybridized carbons (Fsp3) is 0.643. The lowest BCUT2D eigenvalue weighted by atomic mass is 9.37. The number of Topliss-reactive ketones (excluding diaryl/α,β-unsaturated/α-hetero) is 1. The van der Waals surface area contributed by atoms with E-state index in [0.29, 0.717) is 30.1 Å². The number of nitrogens with one attached hydrogen (secondary N) is 1. The number of allylic oxidation sites excluding steroid dienone is 1. The zero-order chi connectivity index (χ0) is 25.7. The van der Waals surface area contributed by atoms with Crippen LogP contribution in [0, 0.1) is 28.6 Å². The summed E-state index contributed by atoms with van der Waals surface area (Å²) in [7, 11) is 6.53. The molecule has 5 rings (SSSR count). The highest BCUT2D eigenvalue weighted by Crippen LogP contribution is 2.80. The number of carbonyl (C=O) groups is 2. The minimum Gasteiger partial charge on any atom is -0.493 e. The second-order valence-corrected chi connectivity index (χ2v) is 11.5. The third-order valence-electron chi connectivity index (χ3n) is 10.1. The molecule has 2 saturated carbocycles. The van der Waals surface area contributed by atoms with Gasteiger partial charge in [0.2, 0.25) is 11.7 Å². The Morgan fingerprint density at radius 3 is 2.23 bits per heavy atom. The van der Waals surface area contributed by atoms with Crippen LogP contribution in [-0.4, -0.2) is 51.8 Å². The van der Waals surface area contributed by atoms with Crippen molar-refractivity contribution in [3.05, 3.63) is 22.8 Å². The van der Waals surface area contributed by atoms with Crippen molar-refractivity contribution in [3.63, 3.8) is 0 Å². The van der Waals surface area contributed by atoms with Crippen molar-refractivity contribution >= 4 is 17.3 Å². The number of methoxy groups -OCH3 is 4. The molecule has 0 bridgehead atoms. The van der Waals surface area contributed by atoms with Gasteiger partial charge >= 0.3 is 0 Å². The van der Waals surface area contributed by atoms with Crippen LogP contribution in [0.5, 0.6) is 17.2 Å². The fourth-order valence-corrected chi connectivity index (χ4v) is 8.12. The Kier molecular flexibility index (Phi) is 5.17. The first-order valence-corrected chi connectivity index (χ1v) is 12.4. The zero-order valence-electron chi connectivity index (χ0n) is 22.3. The van der Waals surface area contributed by atoms with E-state index in [1.54, 1.807) is 28.4 Å². The molecule has 2 fully saturated rings. The van der Waals surface area contributed by atoms with Crippen LogP contribution in [0.1, 0.15) is 52.2 Å². The van der Waals surface area contributed by atoms with E-state index in [1.807, 2.05) is 6.07 Å². The maximum absolute atomic E-state index is 14.2. The second-order valence-electron chi connectivity index (χ2n) is 11.5. The van der Waals surface area contributed by atoms with Crippen molar-refractivity contribution in [1.82, 2.24) is 5.32 Å². The fourth-order valence-electron chi connectivity index (χ4n) is 8.12. The van der Waals surface area contributed by atoms with E-state index in [1.165, 1.54) is 6.92 Å². The number of aryl methyl sites for hydroxylation is 1. The number of hydrogen-bond acceptors (Lipinski definition) is 6. The van der Waals surface area contributed by atoms with E-state index < -0.39 is 5.60 Å². The molecule has 0 heterocycles. The van der Waals surface area contributed by atoms with E-state index >= 15 is 0 Å². The van der Waals surface area contributed by atoms with Crippen LogP contribution in [0.15, 0.2) is 11.6 Å². The van der Waals surface area contributed by atoms with Crippen LogP contribution < -0.4 is 19.5 Å². The summed E-state index contributed by atoms with van der Waals surface area (Å²) < 4.78 is 23.5. The van der Waals surface area contributed by atoms with Crippen LogP contribution in [0.4, 0.5) is 0 Å². The van der Waals surface area contributed by atoms with E-state index in [0.717, 1.165) is 22.3 Å². The molecule has 1 N–H and O–H groups in total. The standard InChI is InChI=1S/C28H37NO6/c1-13(30)29-15-11-10-14-12-16(32-6)22(33-7)23(34-8)17(14)19-18(15)21-20(19)24-26(2,3)27(4,5)28(24,35-9)25(21)31/h12,15,20-21,24H,10-11H2,1-9H3,(H,29,30)/t15-,20-,21+,24-,28-/m1/s1. The van der Waals surface area contributed by atoms with E-state index in [9.17, 15) is 9.59 Å². The molecule has 7 nitrogen and oxygen atoms in total. The molecule has 0 spiro atoms. The average Bonchev–Trinajstić information content (AvgIpc) is 2.92. The summed E-state index contributed by atoms with van der Waals surface area (Å²) in [5, 5.41) is 3.14. The van der Waals surface area contributed by atoms with Gasteiger partial charge in [-0.25, -0.2) is 0 Å². The minimum atomic E-state index is -0.858. The van der Waals surface area contributed by atoms with Gasteiger partial charge in [0.25, 0.3) is 0 Å². The van der Waals surface area contributed by atoms with Crippen molar-refractivity contribution in [3.8, 4) is 17.2 Å². The van der Waals surface area contributed by atoms with Crippen molar-refractivity contribution in [2.75, 3.05) is 28.4 Å². The van der Waals surface area contributed by atoms with Gasteiger partial charge in [0, 0.05) is 36.8 Å². The number of carbonyl (C=O) groups excluding carboxylic acids is 2. The molecule has 1 aromatic rings. The molecule has 4 aliphatic rings. The molecule has 4 aliphatic carbocycles. The number of rotatable bonds is 5. The molecule has 5 atom stereocenters. The second kappa shape index (κ2) is 7.48. The van der Waals surface area contributed by atoms with Crippen LogP contribution in [0.25, 0.3) is 5.57 Å². The minimum absolute atomic E-state index is 0.0133. The highest BCUT2D eigenvalue weighted by Gasteiger charge is 2.84. The molecule has 190 valence electrons. The number of ketones is 1. The smallest absolute Gasteiger partial charge is 0.217 e. The summed E-state index contributed by atoms with van der Waals surface area (Å²) >= 11 is 0. The van der Waals surface area contributed by atoms with E-state index in [-0.39, 0.29) is 46.3 Å². The molecule has 0 aliphatic heterocycles. The largest absolute Gasteiger partial charge is 0.493 e. The van der Waals surface area contributed by atoms with Crippen LogP contribution in [0.2, 0.25) is 0 Å². The van der Waals surface area contributed by atoms with Crippen molar-refractivity contribution in [2.45, 2.75) is 59.1 Å². The average molecular weight is 484 g/mol. The molecule has 0 saturated heterocycles. The van der Waals surface area contributed by atoms with Gasteiger partial charge in [0.05, 0.1) is 33.3 Å². The zero-order valence-corrected chi connectivity index (χ0v) is 22.3. The highest BCUT2D eigenvalue weighted by atomic mass is 16.5. The predicted molar refractivity (Wildman–Crippen MR) is 132 cm³/mol. The molecule has 0 radical (unpaired) electrons. The van der Waals surface area contributed by atoms with Gasteiger partial charge in [-0.05, 0) is 41.0 Å². The third-order valence-corrected chi connectivity index (χ3v) is 10.1. The lowest BCUT2D eigenvalue weighted by molar-refractivity contribution is -0.279. The number of amides is 1.